The van der Waals surface area contributed by atoms with Gasteiger partial charge < -0.3 is 14.6 Å². The zero-order valence-corrected chi connectivity index (χ0v) is 18.0. The summed E-state index contributed by atoms with van der Waals surface area (Å²) >= 11 is 0. The van der Waals surface area contributed by atoms with Crippen molar-refractivity contribution < 1.29 is 14.0 Å². The third-order valence-corrected chi connectivity index (χ3v) is 7.14. The Morgan fingerprint density at radius 1 is 1.12 bits per heavy atom. The smallest absolute Gasteiger partial charge is 0.287 e. The minimum Gasteiger partial charge on any atom is -0.449 e. The number of rotatable bonds is 4. The van der Waals surface area contributed by atoms with E-state index in [1.54, 1.807) is 30.7 Å². The number of amides is 2. The highest BCUT2D eigenvalue weighted by molar-refractivity contribution is 5.96. The molecule has 0 radical (unpaired) electrons. The van der Waals surface area contributed by atoms with Crippen LogP contribution in [0.5, 0.6) is 0 Å². The monoisotopic (exact) mass is 441 g/mol. The van der Waals surface area contributed by atoms with Gasteiger partial charge in [-0.25, -0.2) is 9.97 Å². The molecule has 0 aromatic carbocycles. The van der Waals surface area contributed by atoms with Gasteiger partial charge in [-0.05, 0) is 67.0 Å². The molecule has 1 aliphatic heterocycles. The topological polar surface area (TPSA) is 101 Å². The largest absolute Gasteiger partial charge is 0.449 e. The van der Waals surface area contributed by atoms with Crippen LogP contribution >= 0.6 is 0 Å². The SMILES string of the molecule is O=C(NCC1CC12CCN(C(=O)c1ccc3cccnc3n1)CC2)c1cc2ccncc2o1. The number of furan rings is 1. The number of nitrogens with one attached hydrogen (secondary N) is 1. The summed E-state index contributed by atoms with van der Waals surface area (Å²) in [6.45, 7) is 2.05. The molecule has 2 aliphatic rings. The lowest BCUT2D eigenvalue weighted by Crippen LogP contribution is -2.40. The maximum Gasteiger partial charge on any atom is 0.287 e. The molecule has 33 heavy (non-hydrogen) atoms. The standard InChI is InChI=1S/C25H23N5O3/c31-23(20-12-17-5-9-26-15-21(17)33-20)28-14-18-13-25(18)6-10-30(11-7-25)24(32)19-4-3-16-2-1-8-27-22(16)29-19/h1-5,8-9,12,15,18H,6-7,10-11,13-14H2,(H,28,31). The van der Waals surface area contributed by atoms with Gasteiger partial charge in [-0.2, -0.15) is 0 Å². The Labute approximate surface area is 190 Å². The lowest BCUT2D eigenvalue weighted by Gasteiger charge is -2.33. The Hall–Kier alpha value is -3.81. The summed E-state index contributed by atoms with van der Waals surface area (Å²) in [4.78, 5) is 40.1. The van der Waals surface area contributed by atoms with Crippen molar-refractivity contribution in [2.75, 3.05) is 19.6 Å². The second kappa shape index (κ2) is 7.65. The molecule has 1 saturated carbocycles. The molecule has 2 amide bonds. The van der Waals surface area contributed by atoms with E-state index in [-0.39, 0.29) is 17.2 Å². The Bertz CT molecular complexity index is 1340. The third kappa shape index (κ3) is 3.61. The van der Waals surface area contributed by atoms with Crippen molar-refractivity contribution in [3.05, 3.63) is 66.4 Å². The number of aromatic nitrogens is 3. The van der Waals surface area contributed by atoms with Crippen molar-refractivity contribution in [1.29, 1.82) is 0 Å². The van der Waals surface area contributed by atoms with Gasteiger partial charge in [0.1, 0.15) is 5.69 Å². The number of hydrogen-bond donors (Lipinski definition) is 1. The van der Waals surface area contributed by atoms with Gasteiger partial charge in [0.15, 0.2) is 17.0 Å². The van der Waals surface area contributed by atoms with E-state index in [0.29, 0.717) is 48.2 Å². The number of likely N-dealkylation sites (tertiary alicyclic amines) is 1. The molecule has 1 N–H and O–H groups in total. The summed E-state index contributed by atoms with van der Waals surface area (Å²) in [6.07, 6.45) is 7.95. The number of nitrogens with zero attached hydrogens (tertiary/aromatic N) is 4. The lowest BCUT2D eigenvalue weighted by molar-refractivity contribution is 0.0663. The Morgan fingerprint density at radius 3 is 2.85 bits per heavy atom. The van der Waals surface area contributed by atoms with Gasteiger partial charge in [0.05, 0.1) is 6.20 Å². The first-order valence-corrected chi connectivity index (χ1v) is 11.2. The van der Waals surface area contributed by atoms with E-state index in [0.717, 1.165) is 30.0 Å². The highest BCUT2D eigenvalue weighted by Gasteiger charge is 2.54. The number of piperidine rings is 1. The molecule has 1 saturated heterocycles. The Balaban J connectivity index is 1.04. The minimum absolute atomic E-state index is 0.0396. The molecule has 8 nitrogen and oxygen atoms in total. The fraction of sp³-hybridized carbons (Fsp3) is 0.320. The maximum atomic E-state index is 13.0. The molecule has 4 aromatic heterocycles. The normalized spacial score (nSPS) is 19.2. The number of carbonyl (C=O) groups excluding carboxylic acids is 2. The predicted octanol–water partition coefficient (Wildman–Crippen LogP) is 3.44. The van der Waals surface area contributed by atoms with Gasteiger partial charge in [-0.1, -0.05) is 0 Å². The number of pyridine rings is 3. The van der Waals surface area contributed by atoms with Crippen LogP contribution in [0.2, 0.25) is 0 Å². The summed E-state index contributed by atoms with van der Waals surface area (Å²) in [5.41, 5.74) is 1.87. The van der Waals surface area contributed by atoms with Crippen molar-refractivity contribution in [2.45, 2.75) is 19.3 Å². The first kappa shape index (κ1) is 19.8. The minimum atomic E-state index is -0.197. The van der Waals surface area contributed by atoms with E-state index in [1.165, 1.54) is 0 Å². The van der Waals surface area contributed by atoms with Crippen LogP contribution in [-0.2, 0) is 0 Å². The zero-order chi connectivity index (χ0) is 22.4. The van der Waals surface area contributed by atoms with Crippen molar-refractivity contribution in [3.8, 4) is 0 Å². The second-order valence-electron chi connectivity index (χ2n) is 9.04. The van der Waals surface area contributed by atoms with E-state index < -0.39 is 0 Å². The van der Waals surface area contributed by atoms with E-state index in [4.69, 9.17) is 4.42 Å². The van der Waals surface area contributed by atoms with Gasteiger partial charge in [0.2, 0.25) is 0 Å². The summed E-state index contributed by atoms with van der Waals surface area (Å²) in [7, 11) is 0. The number of fused-ring (bicyclic) bond motifs is 2. The predicted molar refractivity (Wildman–Crippen MR) is 122 cm³/mol. The molecule has 1 atom stereocenters. The van der Waals surface area contributed by atoms with Crippen LogP contribution in [0.4, 0.5) is 0 Å². The molecule has 1 unspecified atom stereocenters. The molecular formula is C25H23N5O3. The summed E-state index contributed by atoms with van der Waals surface area (Å²) in [5.74, 6) is 0.511. The fourth-order valence-corrected chi connectivity index (χ4v) is 5.02. The molecular weight excluding hydrogens is 418 g/mol. The number of carbonyl (C=O) groups is 2. The van der Waals surface area contributed by atoms with Gasteiger partial charge in [0.25, 0.3) is 11.8 Å². The molecule has 2 fully saturated rings. The Morgan fingerprint density at radius 2 is 2.00 bits per heavy atom. The maximum absolute atomic E-state index is 13.0. The average Bonchev–Trinajstić information content (AvgIpc) is 3.33. The van der Waals surface area contributed by atoms with Crippen LogP contribution in [0.1, 0.15) is 40.3 Å². The third-order valence-electron chi connectivity index (χ3n) is 7.14. The van der Waals surface area contributed by atoms with Crippen molar-refractivity contribution >= 4 is 33.8 Å². The first-order chi connectivity index (χ1) is 16.1. The molecule has 5 heterocycles. The van der Waals surface area contributed by atoms with Crippen molar-refractivity contribution in [1.82, 2.24) is 25.2 Å². The van der Waals surface area contributed by atoms with Gasteiger partial charge in [0, 0.05) is 42.8 Å². The molecule has 1 aliphatic carbocycles. The van der Waals surface area contributed by atoms with E-state index >= 15 is 0 Å². The highest BCUT2D eigenvalue weighted by Crippen LogP contribution is 2.59. The van der Waals surface area contributed by atoms with Crippen molar-refractivity contribution in [3.63, 3.8) is 0 Å². The highest BCUT2D eigenvalue weighted by atomic mass is 16.3. The molecule has 6 rings (SSSR count). The van der Waals surface area contributed by atoms with E-state index in [2.05, 4.69) is 20.3 Å². The zero-order valence-electron chi connectivity index (χ0n) is 18.0. The van der Waals surface area contributed by atoms with Crippen LogP contribution in [0, 0.1) is 11.3 Å². The van der Waals surface area contributed by atoms with Crippen LogP contribution in [-0.4, -0.2) is 51.3 Å². The van der Waals surface area contributed by atoms with Crippen LogP contribution in [0.3, 0.4) is 0 Å². The van der Waals surface area contributed by atoms with Crippen molar-refractivity contribution in [2.24, 2.45) is 11.3 Å². The summed E-state index contributed by atoms with van der Waals surface area (Å²) < 4.78 is 5.60. The second-order valence-corrected chi connectivity index (χ2v) is 9.04. The fourth-order valence-electron chi connectivity index (χ4n) is 5.02. The summed E-state index contributed by atoms with van der Waals surface area (Å²) in [6, 6.07) is 11.0. The van der Waals surface area contributed by atoms with Crippen LogP contribution in [0.25, 0.3) is 22.0 Å². The molecule has 0 bridgehead atoms. The summed E-state index contributed by atoms with van der Waals surface area (Å²) in [5, 5.41) is 4.81. The molecule has 1 spiro atoms. The van der Waals surface area contributed by atoms with Crippen LogP contribution < -0.4 is 5.32 Å². The lowest BCUT2D eigenvalue weighted by atomic mass is 9.90. The van der Waals surface area contributed by atoms with E-state index in [9.17, 15) is 9.59 Å². The van der Waals surface area contributed by atoms with Gasteiger partial charge >= 0.3 is 0 Å². The molecule has 8 heteroatoms. The van der Waals surface area contributed by atoms with Gasteiger partial charge in [-0.3, -0.25) is 14.6 Å². The average molecular weight is 441 g/mol. The van der Waals surface area contributed by atoms with Gasteiger partial charge in [-0.15, -0.1) is 0 Å². The molecule has 166 valence electrons. The van der Waals surface area contributed by atoms with Crippen LogP contribution in [0.15, 0.2) is 59.4 Å². The number of hydrogen-bond acceptors (Lipinski definition) is 6. The Kier molecular flexibility index (Phi) is 4.60. The first-order valence-electron chi connectivity index (χ1n) is 11.2. The van der Waals surface area contributed by atoms with E-state index in [1.807, 2.05) is 29.2 Å². The quantitative estimate of drug-likeness (QED) is 0.521. The molecule has 4 aromatic rings.